The van der Waals surface area contributed by atoms with E-state index in [9.17, 15) is 9.18 Å². The van der Waals surface area contributed by atoms with Gasteiger partial charge in [-0.05, 0) is 31.7 Å². The number of aromatic nitrogens is 1. The van der Waals surface area contributed by atoms with Crippen molar-refractivity contribution in [1.82, 2.24) is 9.88 Å². The summed E-state index contributed by atoms with van der Waals surface area (Å²) in [5.74, 6) is -0.655. The minimum Gasteiger partial charge on any atom is -0.381 e. The molecule has 1 amide bonds. The van der Waals surface area contributed by atoms with Gasteiger partial charge in [-0.1, -0.05) is 0 Å². The van der Waals surface area contributed by atoms with E-state index >= 15 is 0 Å². The lowest BCUT2D eigenvalue weighted by molar-refractivity contribution is 0.0752. The highest BCUT2D eigenvalue weighted by Crippen LogP contribution is 2.30. The van der Waals surface area contributed by atoms with Crippen molar-refractivity contribution in [3.8, 4) is 0 Å². The average molecular weight is 237 g/mol. The van der Waals surface area contributed by atoms with Gasteiger partial charge in [-0.15, -0.1) is 0 Å². The van der Waals surface area contributed by atoms with Crippen molar-refractivity contribution < 1.29 is 9.18 Å². The van der Waals surface area contributed by atoms with Gasteiger partial charge in [0.25, 0.3) is 5.91 Å². The number of nitrogens with two attached hydrogens (primary N) is 1. The molecule has 1 aromatic heterocycles. The molecule has 0 radical (unpaired) electrons. The van der Waals surface area contributed by atoms with Gasteiger partial charge in [-0.25, -0.2) is 9.37 Å². The van der Waals surface area contributed by atoms with Gasteiger partial charge in [0.05, 0.1) is 5.56 Å². The quantitative estimate of drug-likeness (QED) is 0.866. The highest BCUT2D eigenvalue weighted by molar-refractivity contribution is 5.95. The highest BCUT2D eigenvalue weighted by Gasteiger charge is 2.27. The molecule has 1 aliphatic carbocycles. The second-order valence-electron chi connectivity index (χ2n) is 4.34. The zero-order chi connectivity index (χ0) is 12.4. The van der Waals surface area contributed by atoms with Crippen LogP contribution in [0.1, 0.15) is 30.1 Å². The molecule has 1 heterocycles. The third-order valence-corrected chi connectivity index (χ3v) is 2.99. The summed E-state index contributed by atoms with van der Waals surface area (Å²) >= 11 is 0. The van der Waals surface area contributed by atoms with Gasteiger partial charge in [0.1, 0.15) is 0 Å². The molecule has 4 nitrogen and oxygen atoms in total. The van der Waals surface area contributed by atoms with E-state index in [-0.39, 0.29) is 17.3 Å². The van der Waals surface area contributed by atoms with Crippen LogP contribution in [-0.4, -0.2) is 28.9 Å². The van der Waals surface area contributed by atoms with Crippen molar-refractivity contribution in [2.75, 3.05) is 18.8 Å². The Hall–Kier alpha value is -1.65. The molecule has 0 spiro atoms. The first-order valence-corrected chi connectivity index (χ1v) is 5.82. The fourth-order valence-electron chi connectivity index (χ4n) is 1.76. The summed E-state index contributed by atoms with van der Waals surface area (Å²) in [6.45, 7) is 3.18. The molecule has 1 aliphatic rings. The van der Waals surface area contributed by atoms with Crippen LogP contribution < -0.4 is 5.73 Å². The Morgan fingerprint density at radius 1 is 1.65 bits per heavy atom. The summed E-state index contributed by atoms with van der Waals surface area (Å²) in [7, 11) is 0. The van der Waals surface area contributed by atoms with Gasteiger partial charge in [-0.2, -0.15) is 0 Å². The number of anilines is 1. The van der Waals surface area contributed by atoms with Crippen molar-refractivity contribution in [3.05, 3.63) is 23.6 Å². The van der Waals surface area contributed by atoms with Crippen molar-refractivity contribution in [2.24, 2.45) is 5.92 Å². The molecule has 2 N–H and O–H groups in total. The molecule has 5 heteroatoms. The molecular weight excluding hydrogens is 221 g/mol. The molecule has 1 aromatic rings. The van der Waals surface area contributed by atoms with Crippen molar-refractivity contribution in [1.29, 1.82) is 0 Å². The number of carbonyl (C=O) groups is 1. The number of nitrogen functional groups attached to an aromatic ring is 1. The number of halogens is 1. The maximum Gasteiger partial charge on any atom is 0.257 e. The molecule has 0 saturated heterocycles. The van der Waals surface area contributed by atoms with Crippen LogP contribution in [0.3, 0.4) is 0 Å². The Bertz CT molecular complexity index is 432. The van der Waals surface area contributed by atoms with Crippen LogP contribution in [0.4, 0.5) is 10.2 Å². The van der Waals surface area contributed by atoms with Gasteiger partial charge < -0.3 is 10.6 Å². The number of hydrogen-bond donors (Lipinski definition) is 1. The fourth-order valence-corrected chi connectivity index (χ4v) is 1.76. The van der Waals surface area contributed by atoms with Gasteiger partial charge in [-0.3, -0.25) is 4.79 Å². The second-order valence-corrected chi connectivity index (χ2v) is 4.34. The van der Waals surface area contributed by atoms with Crippen molar-refractivity contribution in [2.45, 2.75) is 19.8 Å². The molecule has 0 bridgehead atoms. The summed E-state index contributed by atoms with van der Waals surface area (Å²) in [4.78, 5) is 17.4. The van der Waals surface area contributed by atoms with E-state index in [0.717, 1.165) is 12.8 Å². The zero-order valence-corrected chi connectivity index (χ0v) is 9.82. The first-order valence-electron chi connectivity index (χ1n) is 5.82. The smallest absolute Gasteiger partial charge is 0.257 e. The predicted octanol–water partition coefficient (Wildman–Crippen LogP) is 1.67. The Balaban J connectivity index is 2.18. The Labute approximate surface area is 99.6 Å². The second kappa shape index (κ2) is 4.69. The lowest BCUT2D eigenvalue weighted by Gasteiger charge is -2.21. The van der Waals surface area contributed by atoms with Crippen molar-refractivity contribution >= 4 is 11.7 Å². The first kappa shape index (κ1) is 11.8. The SMILES string of the molecule is CCN(CC1CC1)C(=O)c1ccnc(N)c1F. The summed E-state index contributed by atoms with van der Waals surface area (Å²) in [5, 5.41) is 0. The van der Waals surface area contributed by atoms with Crippen LogP contribution in [0.25, 0.3) is 0 Å². The van der Waals surface area contributed by atoms with E-state index in [1.165, 1.54) is 12.3 Å². The van der Waals surface area contributed by atoms with E-state index in [1.807, 2.05) is 6.92 Å². The van der Waals surface area contributed by atoms with Crippen molar-refractivity contribution in [3.63, 3.8) is 0 Å². The van der Waals surface area contributed by atoms with E-state index in [2.05, 4.69) is 4.98 Å². The van der Waals surface area contributed by atoms with Crippen LogP contribution >= 0.6 is 0 Å². The van der Waals surface area contributed by atoms with Crippen LogP contribution in [-0.2, 0) is 0 Å². The summed E-state index contributed by atoms with van der Waals surface area (Å²) < 4.78 is 13.7. The number of hydrogen-bond acceptors (Lipinski definition) is 3. The van der Waals surface area contributed by atoms with E-state index in [4.69, 9.17) is 5.73 Å². The zero-order valence-electron chi connectivity index (χ0n) is 9.82. The molecule has 92 valence electrons. The Kier molecular flexibility index (Phi) is 3.26. The fraction of sp³-hybridized carbons (Fsp3) is 0.500. The number of carbonyl (C=O) groups excluding carboxylic acids is 1. The summed E-state index contributed by atoms with van der Waals surface area (Å²) in [6, 6.07) is 1.38. The molecule has 0 unspecified atom stereocenters. The third-order valence-electron chi connectivity index (χ3n) is 2.99. The topological polar surface area (TPSA) is 59.2 Å². The van der Waals surface area contributed by atoms with E-state index < -0.39 is 5.82 Å². The summed E-state index contributed by atoms with van der Waals surface area (Å²) in [6.07, 6.45) is 3.67. The van der Waals surface area contributed by atoms with E-state index in [1.54, 1.807) is 4.90 Å². The third kappa shape index (κ3) is 2.54. The molecule has 0 aromatic carbocycles. The molecule has 17 heavy (non-hydrogen) atoms. The standard InChI is InChI=1S/C12H16FN3O/c1-2-16(7-8-3-4-8)12(17)9-5-6-15-11(14)10(9)13/h5-6,8H,2-4,7H2,1H3,(H2,14,15). The van der Waals surface area contributed by atoms with Crippen LogP contribution in [0.2, 0.25) is 0 Å². The van der Waals surface area contributed by atoms with Gasteiger partial charge in [0.15, 0.2) is 11.6 Å². The monoisotopic (exact) mass is 237 g/mol. The largest absolute Gasteiger partial charge is 0.381 e. The van der Waals surface area contributed by atoms with Crippen LogP contribution in [0.5, 0.6) is 0 Å². The van der Waals surface area contributed by atoms with Crippen LogP contribution in [0.15, 0.2) is 12.3 Å². The van der Waals surface area contributed by atoms with Gasteiger partial charge in [0.2, 0.25) is 0 Å². The lowest BCUT2D eigenvalue weighted by Crippen LogP contribution is -2.33. The molecular formula is C12H16FN3O. The molecule has 2 rings (SSSR count). The highest BCUT2D eigenvalue weighted by atomic mass is 19.1. The Morgan fingerprint density at radius 3 is 2.94 bits per heavy atom. The predicted molar refractivity (Wildman–Crippen MR) is 62.9 cm³/mol. The maximum atomic E-state index is 13.7. The van der Waals surface area contributed by atoms with Gasteiger partial charge in [0, 0.05) is 19.3 Å². The number of nitrogens with zero attached hydrogens (tertiary/aromatic N) is 2. The normalized spacial score (nSPS) is 14.7. The lowest BCUT2D eigenvalue weighted by atomic mass is 10.2. The first-order chi connectivity index (χ1) is 8.13. The summed E-state index contributed by atoms with van der Waals surface area (Å²) in [5.41, 5.74) is 5.37. The average Bonchev–Trinajstić information content (AvgIpc) is 3.13. The minimum atomic E-state index is -0.716. The van der Waals surface area contributed by atoms with Gasteiger partial charge >= 0.3 is 0 Å². The molecule has 0 atom stereocenters. The molecule has 1 fully saturated rings. The molecule has 0 aliphatic heterocycles. The maximum absolute atomic E-state index is 13.7. The minimum absolute atomic E-state index is 0.0139. The number of amides is 1. The number of pyridine rings is 1. The Morgan fingerprint density at radius 2 is 2.35 bits per heavy atom. The number of rotatable bonds is 4. The molecule has 1 saturated carbocycles. The van der Waals surface area contributed by atoms with Crippen LogP contribution in [0, 0.1) is 11.7 Å². The van der Waals surface area contributed by atoms with E-state index in [0.29, 0.717) is 19.0 Å².